The lowest BCUT2D eigenvalue weighted by molar-refractivity contribution is 0.313. The first kappa shape index (κ1) is 35.1. The third-order valence-corrected chi connectivity index (χ3v) is 8.15. The van der Waals surface area contributed by atoms with Gasteiger partial charge in [0.15, 0.2) is 0 Å². The molecule has 0 aliphatic carbocycles. The van der Waals surface area contributed by atoms with Gasteiger partial charge in [0.05, 0.1) is 0 Å². The van der Waals surface area contributed by atoms with E-state index in [9.17, 15) is 17.6 Å². The Balaban J connectivity index is 0.000000230. The van der Waals surface area contributed by atoms with Gasteiger partial charge in [0.1, 0.15) is 23.3 Å². The molecular weight excluding hydrogens is 567 g/mol. The number of halogens is 5. The fraction of sp³-hybridized carbons (Fsp3) is 0.455. The molecule has 0 aromatic heterocycles. The van der Waals surface area contributed by atoms with Crippen molar-refractivity contribution in [2.45, 2.75) is 59.3 Å². The molecule has 0 radical (unpaired) electrons. The quantitative estimate of drug-likeness (QED) is 0.211. The van der Waals surface area contributed by atoms with Gasteiger partial charge < -0.3 is 10.2 Å². The fourth-order valence-electron chi connectivity index (χ4n) is 4.41. The maximum atomic E-state index is 13.3. The third kappa shape index (κ3) is 12.3. The van der Waals surface area contributed by atoms with Gasteiger partial charge >= 0.3 is 0 Å². The third-order valence-electron chi connectivity index (χ3n) is 6.76. The summed E-state index contributed by atoms with van der Waals surface area (Å²) in [7, 11) is 1.15. The summed E-state index contributed by atoms with van der Waals surface area (Å²) in [5.41, 5.74) is 3.43. The van der Waals surface area contributed by atoms with Gasteiger partial charge in [0.25, 0.3) is 0 Å². The predicted molar refractivity (Wildman–Crippen MR) is 169 cm³/mol. The van der Waals surface area contributed by atoms with E-state index in [4.69, 9.17) is 11.6 Å². The number of nitrogens with zero attached hydrogens (tertiary/aromatic N) is 1. The molecule has 0 bridgehead atoms. The molecule has 226 valence electrons. The van der Waals surface area contributed by atoms with Crippen molar-refractivity contribution < 1.29 is 17.6 Å². The van der Waals surface area contributed by atoms with Crippen LogP contribution in [0.25, 0.3) is 0 Å². The van der Waals surface area contributed by atoms with Crippen molar-refractivity contribution >= 4 is 25.9 Å². The van der Waals surface area contributed by atoms with Crippen LogP contribution in [0, 0.1) is 23.3 Å². The van der Waals surface area contributed by atoms with E-state index in [-0.39, 0.29) is 23.5 Å². The van der Waals surface area contributed by atoms with E-state index in [2.05, 4.69) is 24.1 Å². The van der Waals surface area contributed by atoms with E-state index in [0.717, 1.165) is 39.0 Å². The second-order valence-electron chi connectivity index (χ2n) is 11.0. The molecule has 1 aliphatic heterocycles. The summed E-state index contributed by atoms with van der Waals surface area (Å²) in [5, 5.41) is 3.85. The maximum absolute atomic E-state index is 13.3. The van der Waals surface area contributed by atoms with Crippen LogP contribution in [-0.4, -0.2) is 43.4 Å². The fourth-order valence-corrected chi connectivity index (χ4v) is 5.77. The van der Waals surface area contributed by atoms with Gasteiger partial charge in [0.2, 0.25) is 0 Å². The van der Waals surface area contributed by atoms with Crippen molar-refractivity contribution in [3.05, 3.63) is 99.6 Å². The van der Waals surface area contributed by atoms with Crippen LogP contribution >= 0.6 is 20.2 Å². The normalized spacial score (nSPS) is 13.5. The van der Waals surface area contributed by atoms with Gasteiger partial charge in [0, 0.05) is 43.0 Å². The van der Waals surface area contributed by atoms with Crippen LogP contribution < -0.4 is 5.32 Å². The molecule has 3 aromatic carbocycles. The molecule has 0 amide bonds. The highest BCUT2D eigenvalue weighted by atomic mass is 35.5. The molecule has 3 aromatic rings. The monoisotopic (exact) mass is 610 g/mol. The molecule has 41 heavy (non-hydrogen) atoms. The molecule has 4 rings (SSSR count). The van der Waals surface area contributed by atoms with Gasteiger partial charge in [-0.05, 0) is 77.1 Å². The van der Waals surface area contributed by atoms with E-state index < -0.39 is 11.6 Å². The minimum atomic E-state index is -0.521. The average Bonchev–Trinajstić information content (AvgIpc) is 2.89. The molecule has 0 spiro atoms. The van der Waals surface area contributed by atoms with Crippen molar-refractivity contribution in [2.75, 3.05) is 43.8 Å². The Labute approximate surface area is 250 Å². The van der Waals surface area contributed by atoms with Crippen LogP contribution in [0.3, 0.4) is 0 Å². The lowest BCUT2D eigenvalue weighted by Crippen LogP contribution is -2.35. The number of benzene rings is 3. The summed E-state index contributed by atoms with van der Waals surface area (Å²) >= 11 is 5.58. The summed E-state index contributed by atoms with van der Waals surface area (Å²) in [6, 6.07) is 13.5. The molecular formula is C33H44ClF4N2P. The molecule has 0 unspecified atom stereocenters. The second kappa shape index (κ2) is 17.7. The molecule has 1 saturated heterocycles. The number of hydrogen-bond donors (Lipinski definition) is 1. The van der Waals surface area contributed by atoms with E-state index >= 15 is 0 Å². The molecule has 1 N–H and O–H groups in total. The molecule has 0 atom stereocenters. The summed E-state index contributed by atoms with van der Waals surface area (Å²) in [5.74, 6) is -0.618. The van der Waals surface area contributed by atoms with Crippen LogP contribution in [0.4, 0.5) is 23.2 Å². The van der Waals surface area contributed by atoms with E-state index in [0.29, 0.717) is 16.5 Å². The van der Waals surface area contributed by atoms with Gasteiger partial charge in [-0.25, -0.2) is 17.6 Å². The Kier molecular flexibility index (Phi) is 15.2. The van der Waals surface area contributed by atoms with Crippen molar-refractivity contribution in [1.29, 1.82) is 0 Å². The van der Waals surface area contributed by atoms with Crippen LogP contribution in [0.15, 0.2) is 54.6 Å². The van der Waals surface area contributed by atoms with Crippen LogP contribution in [0.5, 0.6) is 0 Å². The van der Waals surface area contributed by atoms with E-state index in [1.54, 1.807) is 24.3 Å². The largest absolute Gasteiger partial charge is 0.383 e. The molecule has 1 heterocycles. The highest BCUT2D eigenvalue weighted by molar-refractivity contribution is 7.38. The Bertz CT molecular complexity index is 1160. The van der Waals surface area contributed by atoms with Crippen LogP contribution in [-0.2, 0) is 0 Å². The van der Waals surface area contributed by atoms with Crippen molar-refractivity contribution in [3.63, 3.8) is 0 Å². The first-order chi connectivity index (χ1) is 19.4. The lowest BCUT2D eigenvalue weighted by atomic mass is 10.0. The highest BCUT2D eigenvalue weighted by Gasteiger charge is 2.11. The summed E-state index contributed by atoms with van der Waals surface area (Å²) in [6.45, 7) is 16.3. The highest BCUT2D eigenvalue weighted by Crippen LogP contribution is 2.25. The predicted octanol–water partition coefficient (Wildman–Crippen LogP) is 10.0. The number of rotatable bonds is 7. The molecule has 1 aliphatic rings. The Morgan fingerprint density at radius 3 is 1.71 bits per heavy atom. The first-order valence-electron chi connectivity index (χ1n) is 14.2. The van der Waals surface area contributed by atoms with Gasteiger partial charge in [-0.15, -0.1) is 8.58 Å². The average molecular weight is 611 g/mol. The second-order valence-corrected chi connectivity index (χ2v) is 13.0. The number of nitrogens with one attached hydrogen (secondary N) is 1. The number of anilines is 1. The maximum Gasteiger partial charge on any atom is 0.129 e. The summed E-state index contributed by atoms with van der Waals surface area (Å²) in [4.78, 5) is 2.50. The van der Waals surface area contributed by atoms with Crippen molar-refractivity contribution in [1.82, 2.24) is 4.90 Å². The standard InChI is InChI=1S/C15H24FN2P.C9H10ClF.C9H10F2/c1-12(2)14-4-3-13(16)11-15(14)17-5-6-18-7-9-19-10-8-18;2*1-6(2)8-4-3-7(10)5-9(8)11/h3-4,11-12,17,19H,5-10H2,1-2H3;2*3-6H,1-2H3. The zero-order chi connectivity index (χ0) is 30.5. The van der Waals surface area contributed by atoms with Crippen molar-refractivity contribution in [3.8, 4) is 0 Å². The first-order valence-corrected chi connectivity index (χ1v) is 16.0. The van der Waals surface area contributed by atoms with Gasteiger partial charge in [-0.1, -0.05) is 71.3 Å². The topological polar surface area (TPSA) is 15.3 Å². The smallest absolute Gasteiger partial charge is 0.129 e. The zero-order valence-corrected chi connectivity index (χ0v) is 26.8. The van der Waals surface area contributed by atoms with Gasteiger partial charge in [-0.2, -0.15) is 0 Å². The van der Waals surface area contributed by atoms with Gasteiger partial charge in [-0.3, -0.25) is 0 Å². The SMILES string of the molecule is CC(C)c1ccc(Cl)cc1F.CC(C)c1ccc(F)cc1F.CC(C)c1ccc(F)cc1NCCN1CCPCC1. The van der Waals surface area contributed by atoms with E-state index in [1.165, 1.54) is 49.2 Å². The molecule has 2 nitrogen and oxygen atoms in total. The summed E-state index contributed by atoms with van der Waals surface area (Å²) in [6.07, 6.45) is 2.69. The minimum Gasteiger partial charge on any atom is -0.383 e. The Morgan fingerprint density at radius 2 is 1.20 bits per heavy atom. The molecule has 8 heteroatoms. The van der Waals surface area contributed by atoms with Crippen molar-refractivity contribution in [2.24, 2.45) is 0 Å². The number of hydrogen-bond acceptors (Lipinski definition) is 2. The van der Waals surface area contributed by atoms with Crippen LogP contribution in [0.1, 0.15) is 76.0 Å². The van der Waals surface area contributed by atoms with Crippen LogP contribution in [0.2, 0.25) is 5.02 Å². The minimum absolute atomic E-state index is 0.107. The molecule has 1 fully saturated rings. The van der Waals surface area contributed by atoms with E-state index in [1.807, 2.05) is 33.8 Å². The lowest BCUT2D eigenvalue weighted by Gasteiger charge is -2.27. The summed E-state index contributed by atoms with van der Waals surface area (Å²) < 4.78 is 51.6. The zero-order valence-electron chi connectivity index (χ0n) is 25.0. The Morgan fingerprint density at radius 1 is 0.707 bits per heavy atom. The molecule has 0 saturated carbocycles. The Hall–Kier alpha value is -2.14.